The summed E-state index contributed by atoms with van der Waals surface area (Å²) in [5.74, 6) is -0.0525. The Balaban J connectivity index is 1.77. The molecule has 26 heavy (non-hydrogen) atoms. The zero-order valence-electron chi connectivity index (χ0n) is 14.4. The molecule has 0 aliphatic carbocycles. The van der Waals surface area contributed by atoms with Crippen LogP contribution in [0.4, 0.5) is 5.69 Å². The zero-order chi connectivity index (χ0) is 18.7. The number of carbonyl (C=O) groups is 2. The van der Waals surface area contributed by atoms with Gasteiger partial charge >= 0.3 is 5.97 Å². The van der Waals surface area contributed by atoms with Gasteiger partial charge in [0.1, 0.15) is 23.9 Å². The third kappa shape index (κ3) is 3.56. The Labute approximate surface area is 150 Å². The topological polar surface area (TPSA) is 94.1 Å². The molecule has 0 spiro atoms. The lowest BCUT2D eigenvalue weighted by molar-refractivity contribution is -0.121. The molecule has 2 aromatic rings. The summed E-state index contributed by atoms with van der Waals surface area (Å²) in [6, 6.07) is 9.94. The Morgan fingerprint density at radius 3 is 2.50 bits per heavy atom. The van der Waals surface area contributed by atoms with E-state index in [1.807, 2.05) is 12.1 Å². The van der Waals surface area contributed by atoms with Gasteiger partial charge in [-0.2, -0.15) is 0 Å². The molecule has 2 N–H and O–H groups in total. The molecule has 1 unspecified atom stereocenters. The number of methoxy groups -OCH3 is 2. The molecule has 1 aliphatic heterocycles. The van der Waals surface area contributed by atoms with Gasteiger partial charge in [-0.3, -0.25) is 4.79 Å². The number of ether oxygens (including phenoxy) is 3. The number of anilines is 1. The minimum atomic E-state index is -1.14. The van der Waals surface area contributed by atoms with E-state index in [1.54, 1.807) is 19.2 Å². The summed E-state index contributed by atoms with van der Waals surface area (Å²) in [5.41, 5.74) is 1.07. The Morgan fingerprint density at radius 1 is 1.12 bits per heavy atom. The van der Waals surface area contributed by atoms with Crippen LogP contribution in [0.3, 0.4) is 0 Å². The Kier molecular flexibility index (Phi) is 4.97. The average Bonchev–Trinajstić information content (AvgIpc) is 2.67. The fraction of sp³-hybridized carbons (Fsp3) is 0.263. The van der Waals surface area contributed by atoms with Crippen molar-refractivity contribution in [3.8, 4) is 17.2 Å². The van der Waals surface area contributed by atoms with Crippen molar-refractivity contribution in [3.63, 3.8) is 0 Å². The van der Waals surface area contributed by atoms with Crippen LogP contribution >= 0.6 is 0 Å². The van der Waals surface area contributed by atoms with E-state index in [9.17, 15) is 14.7 Å². The van der Waals surface area contributed by atoms with E-state index < -0.39 is 11.9 Å². The molecule has 1 atom stereocenters. The maximum absolute atomic E-state index is 12.6. The van der Waals surface area contributed by atoms with Gasteiger partial charge in [-0.1, -0.05) is 0 Å². The van der Waals surface area contributed by atoms with Crippen LogP contribution in [-0.2, 0) is 11.2 Å². The molecule has 1 aliphatic rings. The van der Waals surface area contributed by atoms with E-state index in [1.165, 1.54) is 19.2 Å². The van der Waals surface area contributed by atoms with E-state index in [4.69, 9.17) is 14.2 Å². The van der Waals surface area contributed by atoms with Crippen LogP contribution in [0, 0.1) is 5.92 Å². The molecule has 7 nitrogen and oxygen atoms in total. The standard InChI is InChI=1S/C19H19NO6/c1-24-13-4-6-17-11(8-13)7-12(10-26-17)18(21)20-16-5-3-14(25-2)9-15(16)19(22)23/h3-6,8-9,12H,7,10H2,1-2H3,(H,20,21)(H,22,23). The van der Waals surface area contributed by atoms with Crippen molar-refractivity contribution in [2.45, 2.75) is 6.42 Å². The number of carboxylic acid groups (broad SMARTS) is 1. The summed E-state index contributed by atoms with van der Waals surface area (Å²) in [5, 5.41) is 12.0. The number of carboxylic acids is 1. The van der Waals surface area contributed by atoms with Crippen LogP contribution in [0.1, 0.15) is 15.9 Å². The number of hydrogen-bond donors (Lipinski definition) is 2. The highest BCUT2D eigenvalue weighted by Crippen LogP contribution is 2.31. The second-order valence-corrected chi connectivity index (χ2v) is 5.89. The molecule has 0 fully saturated rings. The molecule has 0 saturated heterocycles. The van der Waals surface area contributed by atoms with Crippen molar-refractivity contribution in [3.05, 3.63) is 47.5 Å². The summed E-state index contributed by atoms with van der Waals surface area (Å²) in [6.45, 7) is 0.226. The van der Waals surface area contributed by atoms with Gasteiger partial charge < -0.3 is 24.6 Å². The van der Waals surface area contributed by atoms with Crippen molar-refractivity contribution in [1.29, 1.82) is 0 Å². The number of amides is 1. The summed E-state index contributed by atoms with van der Waals surface area (Å²) in [4.78, 5) is 24.1. The number of hydrogen-bond acceptors (Lipinski definition) is 5. The van der Waals surface area contributed by atoms with Crippen LogP contribution in [0.2, 0.25) is 0 Å². The zero-order valence-corrected chi connectivity index (χ0v) is 14.4. The first kappa shape index (κ1) is 17.6. The van der Waals surface area contributed by atoms with E-state index in [0.29, 0.717) is 17.9 Å². The van der Waals surface area contributed by atoms with Gasteiger partial charge in [0.15, 0.2) is 0 Å². The average molecular weight is 357 g/mol. The van der Waals surface area contributed by atoms with Crippen LogP contribution in [0.15, 0.2) is 36.4 Å². The molecule has 0 radical (unpaired) electrons. The first-order valence-corrected chi connectivity index (χ1v) is 8.03. The van der Waals surface area contributed by atoms with E-state index in [0.717, 1.165) is 11.3 Å². The van der Waals surface area contributed by atoms with Gasteiger partial charge in [0.2, 0.25) is 5.91 Å². The van der Waals surface area contributed by atoms with Crippen molar-refractivity contribution in [2.75, 3.05) is 26.1 Å². The Hall–Kier alpha value is -3.22. The molecule has 7 heteroatoms. The minimum absolute atomic E-state index is 0.0310. The molecule has 1 amide bonds. The molecule has 0 bridgehead atoms. The molecular formula is C19H19NO6. The van der Waals surface area contributed by atoms with Gasteiger partial charge in [-0.15, -0.1) is 0 Å². The first-order chi connectivity index (χ1) is 12.5. The minimum Gasteiger partial charge on any atom is -0.497 e. The molecule has 1 heterocycles. The molecule has 3 rings (SSSR count). The number of nitrogens with one attached hydrogen (secondary N) is 1. The number of rotatable bonds is 5. The van der Waals surface area contributed by atoms with Gasteiger partial charge in [0, 0.05) is 0 Å². The lowest BCUT2D eigenvalue weighted by atomic mass is 9.95. The summed E-state index contributed by atoms with van der Waals surface area (Å²) >= 11 is 0. The van der Waals surface area contributed by atoms with Gasteiger partial charge in [-0.05, 0) is 48.4 Å². The predicted octanol–water partition coefficient (Wildman–Crippen LogP) is 2.59. The summed E-state index contributed by atoms with van der Waals surface area (Å²) in [6.07, 6.45) is 0.483. The molecular weight excluding hydrogens is 338 g/mol. The van der Waals surface area contributed by atoms with Gasteiger partial charge in [-0.25, -0.2) is 4.79 Å². The smallest absolute Gasteiger partial charge is 0.337 e. The highest BCUT2D eigenvalue weighted by Gasteiger charge is 2.27. The van der Waals surface area contributed by atoms with E-state index in [2.05, 4.69) is 5.32 Å². The lowest BCUT2D eigenvalue weighted by Gasteiger charge is -2.25. The second kappa shape index (κ2) is 7.35. The highest BCUT2D eigenvalue weighted by atomic mass is 16.5. The fourth-order valence-electron chi connectivity index (χ4n) is 2.84. The third-order valence-corrected chi connectivity index (χ3v) is 4.26. The largest absolute Gasteiger partial charge is 0.497 e. The van der Waals surface area contributed by atoms with Crippen molar-refractivity contribution in [1.82, 2.24) is 0 Å². The molecule has 0 saturated carbocycles. The van der Waals surface area contributed by atoms with E-state index >= 15 is 0 Å². The van der Waals surface area contributed by atoms with Crippen molar-refractivity contribution < 1.29 is 28.9 Å². The quantitative estimate of drug-likeness (QED) is 0.854. The lowest BCUT2D eigenvalue weighted by Crippen LogP contribution is -2.33. The Morgan fingerprint density at radius 2 is 1.81 bits per heavy atom. The molecule has 0 aromatic heterocycles. The SMILES string of the molecule is COc1ccc2c(c1)CC(C(=O)Nc1ccc(OC)cc1C(=O)O)CO2. The van der Waals surface area contributed by atoms with Crippen molar-refractivity contribution in [2.24, 2.45) is 5.92 Å². The second-order valence-electron chi connectivity index (χ2n) is 5.89. The summed E-state index contributed by atoms with van der Waals surface area (Å²) < 4.78 is 15.9. The Bertz CT molecular complexity index is 848. The number of aromatic carboxylic acids is 1. The third-order valence-electron chi connectivity index (χ3n) is 4.26. The van der Waals surface area contributed by atoms with Gasteiger partial charge in [0.05, 0.1) is 31.4 Å². The van der Waals surface area contributed by atoms with Crippen LogP contribution in [0.25, 0.3) is 0 Å². The van der Waals surface area contributed by atoms with Gasteiger partial charge in [0.25, 0.3) is 0 Å². The monoisotopic (exact) mass is 357 g/mol. The van der Waals surface area contributed by atoms with Crippen LogP contribution in [0.5, 0.6) is 17.2 Å². The van der Waals surface area contributed by atoms with E-state index in [-0.39, 0.29) is 23.8 Å². The predicted molar refractivity (Wildman–Crippen MR) is 94.3 cm³/mol. The normalized spacial score (nSPS) is 15.4. The van der Waals surface area contributed by atoms with Crippen molar-refractivity contribution >= 4 is 17.6 Å². The fourth-order valence-corrected chi connectivity index (χ4v) is 2.84. The number of benzene rings is 2. The highest BCUT2D eigenvalue weighted by molar-refractivity contribution is 6.01. The maximum Gasteiger partial charge on any atom is 0.337 e. The first-order valence-electron chi connectivity index (χ1n) is 8.03. The summed E-state index contributed by atoms with van der Waals surface area (Å²) in [7, 11) is 3.02. The van der Waals surface area contributed by atoms with Crippen LogP contribution in [-0.4, -0.2) is 37.8 Å². The maximum atomic E-state index is 12.6. The van der Waals surface area contributed by atoms with Crippen LogP contribution < -0.4 is 19.5 Å². The molecule has 2 aromatic carbocycles. The number of fused-ring (bicyclic) bond motifs is 1. The number of carbonyl (C=O) groups excluding carboxylic acids is 1. The molecule has 136 valence electrons.